The number of hydrogen-bond acceptors (Lipinski definition) is 3. The third kappa shape index (κ3) is 3.19. The molecule has 0 aromatic heterocycles. The Morgan fingerprint density at radius 1 is 1.35 bits per heavy atom. The molecule has 5 nitrogen and oxygen atoms in total. The summed E-state index contributed by atoms with van der Waals surface area (Å²) in [6.45, 7) is 4.48. The van der Waals surface area contributed by atoms with E-state index in [1.165, 1.54) is 4.31 Å². The van der Waals surface area contributed by atoms with Crippen LogP contribution in [0.2, 0.25) is 0 Å². The van der Waals surface area contributed by atoms with Crippen molar-refractivity contribution in [1.82, 2.24) is 4.31 Å². The van der Waals surface area contributed by atoms with Crippen LogP contribution in [0.1, 0.15) is 35.3 Å². The van der Waals surface area contributed by atoms with E-state index in [9.17, 15) is 13.2 Å². The van der Waals surface area contributed by atoms with E-state index in [0.717, 1.165) is 11.1 Å². The Morgan fingerprint density at radius 2 is 2.05 bits per heavy atom. The van der Waals surface area contributed by atoms with Crippen LogP contribution in [0.4, 0.5) is 0 Å². The van der Waals surface area contributed by atoms with Gasteiger partial charge in [0.2, 0.25) is 10.0 Å². The molecule has 0 aliphatic carbocycles. The summed E-state index contributed by atoms with van der Waals surface area (Å²) in [5.74, 6) is -0.789. The van der Waals surface area contributed by atoms with Gasteiger partial charge in [-0.15, -0.1) is 0 Å². The third-order valence-electron chi connectivity index (χ3n) is 3.37. The first kappa shape index (κ1) is 15.0. The molecule has 2 rings (SSSR count). The highest BCUT2D eigenvalue weighted by Gasteiger charge is 2.27. The van der Waals surface area contributed by atoms with E-state index in [-0.39, 0.29) is 23.8 Å². The van der Waals surface area contributed by atoms with Gasteiger partial charge in [0.15, 0.2) is 0 Å². The van der Waals surface area contributed by atoms with Crippen molar-refractivity contribution in [1.29, 1.82) is 0 Å². The minimum absolute atomic E-state index is 0.0757. The average Bonchev–Trinajstić information content (AvgIpc) is 2.35. The normalized spacial score (nSPS) is 16.1. The van der Waals surface area contributed by atoms with Crippen LogP contribution < -0.4 is 0 Å². The van der Waals surface area contributed by atoms with Crippen LogP contribution in [0.25, 0.3) is 0 Å². The van der Waals surface area contributed by atoms with Crippen LogP contribution in [0.5, 0.6) is 0 Å². The second-order valence-corrected chi connectivity index (χ2v) is 7.56. The van der Waals surface area contributed by atoms with Crippen molar-refractivity contribution in [2.75, 3.05) is 12.3 Å². The van der Waals surface area contributed by atoms with Gasteiger partial charge in [-0.2, -0.15) is 4.31 Å². The SMILES string of the molecule is CC(C)CS(=O)(=O)N1CCc2ccc(C(=O)O)cc2C1. The van der Waals surface area contributed by atoms with Gasteiger partial charge in [-0.05, 0) is 35.6 Å². The zero-order valence-corrected chi connectivity index (χ0v) is 12.5. The fraction of sp³-hybridized carbons (Fsp3) is 0.500. The van der Waals surface area contributed by atoms with Crippen LogP contribution in [-0.4, -0.2) is 36.1 Å². The molecule has 1 N–H and O–H groups in total. The molecule has 0 saturated carbocycles. The Kier molecular flexibility index (Phi) is 4.15. The zero-order chi connectivity index (χ0) is 14.9. The molecule has 1 aromatic carbocycles. The van der Waals surface area contributed by atoms with Crippen molar-refractivity contribution in [2.45, 2.75) is 26.8 Å². The lowest BCUT2D eigenvalue weighted by Crippen LogP contribution is -2.38. The maximum absolute atomic E-state index is 12.2. The Morgan fingerprint density at radius 3 is 2.65 bits per heavy atom. The molecule has 6 heteroatoms. The molecular formula is C14H19NO4S. The molecule has 1 aromatic rings. The fourth-order valence-corrected chi connectivity index (χ4v) is 4.19. The summed E-state index contributed by atoms with van der Waals surface area (Å²) >= 11 is 0. The maximum atomic E-state index is 12.2. The van der Waals surface area contributed by atoms with Crippen LogP contribution in [0, 0.1) is 5.92 Å². The molecule has 110 valence electrons. The zero-order valence-electron chi connectivity index (χ0n) is 11.7. The smallest absolute Gasteiger partial charge is 0.335 e. The molecule has 1 aliphatic heterocycles. The summed E-state index contributed by atoms with van der Waals surface area (Å²) in [5.41, 5.74) is 2.03. The number of fused-ring (bicyclic) bond motifs is 1. The third-order valence-corrected chi connectivity index (χ3v) is 5.55. The summed E-state index contributed by atoms with van der Waals surface area (Å²) < 4.78 is 25.9. The Labute approximate surface area is 119 Å². The van der Waals surface area contributed by atoms with Gasteiger partial charge in [0.05, 0.1) is 11.3 Å². The lowest BCUT2D eigenvalue weighted by atomic mass is 9.99. The van der Waals surface area contributed by atoms with Crippen LogP contribution in [-0.2, 0) is 23.0 Å². The number of nitrogens with zero attached hydrogens (tertiary/aromatic N) is 1. The minimum Gasteiger partial charge on any atom is -0.478 e. The van der Waals surface area contributed by atoms with E-state index in [0.29, 0.717) is 13.0 Å². The molecule has 0 radical (unpaired) electrons. The summed E-state index contributed by atoms with van der Waals surface area (Å²) in [6, 6.07) is 4.93. The lowest BCUT2D eigenvalue weighted by Gasteiger charge is -2.28. The molecule has 0 atom stereocenters. The van der Waals surface area contributed by atoms with Crippen LogP contribution in [0.3, 0.4) is 0 Å². The quantitative estimate of drug-likeness (QED) is 0.918. The highest BCUT2D eigenvalue weighted by Crippen LogP contribution is 2.23. The highest BCUT2D eigenvalue weighted by molar-refractivity contribution is 7.89. The number of rotatable bonds is 4. The topological polar surface area (TPSA) is 74.7 Å². The number of aromatic carboxylic acids is 1. The standard InChI is InChI=1S/C14H19NO4S/c1-10(2)9-20(18,19)15-6-5-11-3-4-12(14(16)17)7-13(11)8-15/h3-4,7,10H,5-6,8-9H2,1-2H3,(H,16,17). The van der Waals surface area contributed by atoms with Gasteiger partial charge < -0.3 is 5.11 Å². The second-order valence-electron chi connectivity index (χ2n) is 5.54. The fourth-order valence-electron chi connectivity index (χ4n) is 2.43. The Hall–Kier alpha value is -1.40. The molecule has 0 saturated heterocycles. The van der Waals surface area contributed by atoms with Crippen molar-refractivity contribution in [3.63, 3.8) is 0 Å². The number of carbonyl (C=O) groups is 1. The minimum atomic E-state index is -3.27. The van der Waals surface area contributed by atoms with Crippen LogP contribution >= 0.6 is 0 Å². The Balaban J connectivity index is 2.26. The lowest BCUT2D eigenvalue weighted by molar-refractivity contribution is 0.0696. The van der Waals surface area contributed by atoms with Crippen molar-refractivity contribution >= 4 is 16.0 Å². The molecule has 0 unspecified atom stereocenters. The van der Waals surface area contributed by atoms with Gasteiger partial charge in [-0.25, -0.2) is 13.2 Å². The van der Waals surface area contributed by atoms with E-state index in [2.05, 4.69) is 0 Å². The van der Waals surface area contributed by atoms with Crippen molar-refractivity contribution in [3.05, 3.63) is 34.9 Å². The van der Waals surface area contributed by atoms with Gasteiger partial charge >= 0.3 is 5.97 Å². The van der Waals surface area contributed by atoms with Crippen molar-refractivity contribution in [2.24, 2.45) is 5.92 Å². The molecule has 0 fully saturated rings. The first-order valence-electron chi connectivity index (χ1n) is 6.62. The average molecular weight is 297 g/mol. The van der Waals surface area contributed by atoms with Gasteiger partial charge in [-0.3, -0.25) is 0 Å². The molecule has 1 aliphatic rings. The summed E-state index contributed by atoms with van der Waals surface area (Å²) in [5, 5.41) is 9.00. The molecular weight excluding hydrogens is 278 g/mol. The number of hydrogen-bond donors (Lipinski definition) is 1. The second kappa shape index (κ2) is 5.54. The highest BCUT2D eigenvalue weighted by atomic mass is 32.2. The van der Waals surface area contributed by atoms with Gasteiger partial charge in [0.1, 0.15) is 0 Å². The first-order chi connectivity index (χ1) is 9.29. The summed E-state index contributed by atoms with van der Waals surface area (Å²) in [4.78, 5) is 11.0. The van der Waals surface area contributed by atoms with Gasteiger partial charge in [0, 0.05) is 13.1 Å². The monoisotopic (exact) mass is 297 g/mol. The van der Waals surface area contributed by atoms with E-state index in [4.69, 9.17) is 5.11 Å². The predicted octanol–water partition coefficient (Wildman–Crippen LogP) is 1.73. The predicted molar refractivity (Wildman–Crippen MR) is 76.1 cm³/mol. The van der Waals surface area contributed by atoms with Gasteiger partial charge in [-0.1, -0.05) is 19.9 Å². The number of carboxylic acid groups (broad SMARTS) is 1. The van der Waals surface area contributed by atoms with E-state index in [1.807, 2.05) is 13.8 Å². The van der Waals surface area contributed by atoms with Crippen LogP contribution in [0.15, 0.2) is 18.2 Å². The molecule has 1 heterocycles. The van der Waals surface area contributed by atoms with Crippen molar-refractivity contribution in [3.8, 4) is 0 Å². The van der Waals surface area contributed by atoms with E-state index >= 15 is 0 Å². The Bertz CT molecular complexity index is 622. The maximum Gasteiger partial charge on any atom is 0.335 e. The number of benzene rings is 1. The largest absolute Gasteiger partial charge is 0.478 e. The molecule has 0 spiro atoms. The molecule has 0 bridgehead atoms. The first-order valence-corrected chi connectivity index (χ1v) is 8.23. The molecule has 20 heavy (non-hydrogen) atoms. The van der Waals surface area contributed by atoms with E-state index in [1.54, 1.807) is 18.2 Å². The summed E-state index contributed by atoms with van der Waals surface area (Å²) in [7, 11) is -3.27. The van der Waals surface area contributed by atoms with Crippen molar-refractivity contribution < 1.29 is 18.3 Å². The van der Waals surface area contributed by atoms with Gasteiger partial charge in [0.25, 0.3) is 0 Å². The summed E-state index contributed by atoms with van der Waals surface area (Å²) in [6.07, 6.45) is 0.632. The van der Waals surface area contributed by atoms with E-state index < -0.39 is 16.0 Å². The number of carboxylic acids is 1. The number of sulfonamides is 1. The molecule has 0 amide bonds.